The van der Waals surface area contributed by atoms with Crippen molar-refractivity contribution in [3.63, 3.8) is 0 Å². The first-order chi connectivity index (χ1) is 9.79. The van der Waals surface area contributed by atoms with E-state index in [0.29, 0.717) is 12.1 Å². The Morgan fingerprint density at radius 2 is 2.20 bits per heavy atom. The highest BCUT2D eigenvalue weighted by molar-refractivity contribution is 5.08. The summed E-state index contributed by atoms with van der Waals surface area (Å²) in [6.45, 7) is 3.52. The fraction of sp³-hybridized carbons (Fsp3) is 0.824. The molecule has 1 aromatic rings. The van der Waals surface area contributed by atoms with E-state index in [1.807, 2.05) is 0 Å². The molecule has 0 amide bonds. The lowest BCUT2D eigenvalue weighted by molar-refractivity contribution is 0.280. The zero-order valence-corrected chi connectivity index (χ0v) is 12.6. The summed E-state index contributed by atoms with van der Waals surface area (Å²) in [5.74, 6) is 2.97. The topological polar surface area (TPSA) is 29.9 Å². The summed E-state index contributed by atoms with van der Waals surface area (Å²) < 4.78 is 2.46. The van der Waals surface area contributed by atoms with Crippen molar-refractivity contribution in [1.29, 1.82) is 0 Å². The molecule has 2 aliphatic carbocycles. The van der Waals surface area contributed by atoms with Gasteiger partial charge in [0.25, 0.3) is 0 Å². The SMILES string of the molecule is CC1CCCC(c2cncn2CC2CC3CCC2C3)N1. The molecule has 3 nitrogen and oxygen atoms in total. The third-order valence-corrected chi connectivity index (χ3v) is 6.03. The number of hydrogen-bond acceptors (Lipinski definition) is 2. The predicted octanol–water partition coefficient (Wildman–Crippen LogP) is 3.52. The third kappa shape index (κ3) is 2.30. The second kappa shape index (κ2) is 5.18. The number of nitrogens with zero attached hydrogens (tertiary/aromatic N) is 2. The van der Waals surface area contributed by atoms with E-state index in [2.05, 4.69) is 34.3 Å². The quantitative estimate of drug-likeness (QED) is 0.913. The minimum atomic E-state index is 0.528. The normalized spacial score (nSPS) is 40.4. The maximum absolute atomic E-state index is 4.45. The molecule has 4 rings (SSSR count). The van der Waals surface area contributed by atoms with Crippen molar-refractivity contribution in [3.05, 3.63) is 18.2 Å². The second-order valence-corrected chi connectivity index (χ2v) is 7.46. The van der Waals surface area contributed by atoms with Crippen LogP contribution in [0.25, 0.3) is 0 Å². The van der Waals surface area contributed by atoms with Crippen LogP contribution in [0, 0.1) is 17.8 Å². The molecule has 0 spiro atoms. The van der Waals surface area contributed by atoms with Crippen LogP contribution in [0.15, 0.2) is 12.5 Å². The molecule has 110 valence electrons. The monoisotopic (exact) mass is 273 g/mol. The maximum Gasteiger partial charge on any atom is 0.0948 e. The van der Waals surface area contributed by atoms with Crippen LogP contribution in [-0.2, 0) is 6.54 Å². The lowest BCUT2D eigenvalue weighted by atomic mass is 9.88. The maximum atomic E-state index is 4.45. The van der Waals surface area contributed by atoms with Gasteiger partial charge in [0.1, 0.15) is 0 Å². The highest BCUT2D eigenvalue weighted by atomic mass is 15.1. The van der Waals surface area contributed by atoms with E-state index in [0.717, 1.165) is 17.8 Å². The minimum Gasteiger partial charge on any atom is -0.333 e. The Hall–Kier alpha value is -0.830. The standard InChI is InChI=1S/C17H27N3/c1-12-3-2-4-16(19-12)17-9-18-11-20(17)10-15-8-13-5-6-14(15)7-13/h9,11-16,19H,2-8,10H2,1H3. The van der Waals surface area contributed by atoms with Crippen LogP contribution in [0.5, 0.6) is 0 Å². The van der Waals surface area contributed by atoms with Crippen LogP contribution < -0.4 is 5.32 Å². The molecular weight excluding hydrogens is 246 g/mol. The fourth-order valence-corrected chi connectivity index (χ4v) is 5.00. The second-order valence-electron chi connectivity index (χ2n) is 7.46. The van der Waals surface area contributed by atoms with Crippen molar-refractivity contribution >= 4 is 0 Å². The molecule has 0 aromatic carbocycles. The van der Waals surface area contributed by atoms with Gasteiger partial charge < -0.3 is 9.88 Å². The summed E-state index contributed by atoms with van der Waals surface area (Å²) in [5.41, 5.74) is 1.43. The van der Waals surface area contributed by atoms with E-state index in [1.54, 1.807) is 0 Å². The number of piperidine rings is 1. The first-order valence-electron chi connectivity index (χ1n) is 8.55. The molecule has 2 bridgehead atoms. The molecule has 2 saturated carbocycles. The highest BCUT2D eigenvalue weighted by Crippen LogP contribution is 2.49. The van der Waals surface area contributed by atoms with Gasteiger partial charge >= 0.3 is 0 Å². The zero-order valence-electron chi connectivity index (χ0n) is 12.6. The number of rotatable bonds is 3. The molecule has 1 saturated heterocycles. The lowest BCUT2D eigenvalue weighted by Gasteiger charge is -2.30. The van der Waals surface area contributed by atoms with E-state index < -0.39 is 0 Å². The summed E-state index contributed by atoms with van der Waals surface area (Å²) in [7, 11) is 0. The summed E-state index contributed by atoms with van der Waals surface area (Å²) in [6.07, 6.45) is 14.1. The van der Waals surface area contributed by atoms with Gasteiger partial charge in [0, 0.05) is 24.8 Å². The molecule has 2 heterocycles. The first kappa shape index (κ1) is 12.9. The van der Waals surface area contributed by atoms with Gasteiger partial charge in [-0.15, -0.1) is 0 Å². The molecule has 20 heavy (non-hydrogen) atoms. The Morgan fingerprint density at radius 1 is 1.25 bits per heavy atom. The van der Waals surface area contributed by atoms with E-state index in [-0.39, 0.29) is 0 Å². The molecule has 1 aliphatic heterocycles. The Bertz CT molecular complexity index is 467. The average Bonchev–Trinajstić information content (AvgIpc) is 3.14. The predicted molar refractivity (Wildman–Crippen MR) is 80.4 cm³/mol. The summed E-state index contributed by atoms with van der Waals surface area (Å²) in [6, 6.07) is 1.18. The largest absolute Gasteiger partial charge is 0.333 e. The Balaban J connectivity index is 1.47. The van der Waals surface area contributed by atoms with Crippen LogP contribution in [0.1, 0.15) is 63.6 Å². The van der Waals surface area contributed by atoms with Crippen LogP contribution >= 0.6 is 0 Å². The molecule has 3 fully saturated rings. The number of imidazole rings is 1. The van der Waals surface area contributed by atoms with Crippen LogP contribution in [0.3, 0.4) is 0 Å². The average molecular weight is 273 g/mol. The highest BCUT2D eigenvalue weighted by Gasteiger charge is 2.39. The molecular formula is C17H27N3. The van der Waals surface area contributed by atoms with Crippen molar-refractivity contribution in [2.75, 3.05) is 0 Å². The summed E-state index contributed by atoms with van der Waals surface area (Å²) >= 11 is 0. The molecule has 5 atom stereocenters. The zero-order chi connectivity index (χ0) is 13.5. The van der Waals surface area contributed by atoms with Crippen molar-refractivity contribution in [2.45, 2.75) is 70.5 Å². The van der Waals surface area contributed by atoms with Gasteiger partial charge in [-0.25, -0.2) is 4.98 Å². The van der Waals surface area contributed by atoms with Crippen LogP contribution in [0.2, 0.25) is 0 Å². The van der Waals surface area contributed by atoms with E-state index in [4.69, 9.17) is 0 Å². The van der Waals surface area contributed by atoms with Gasteiger partial charge in [0.05, 0.1) is 12.0 Å². The molecule has 5 unspecified atom stereocenters. The lowest BCUT2D eigenvalue weighted by Crippen LogP contribution is -2.36. The van der Waals surface area contributed by atoms with Gasteiger partial charge in [-0.2, -0.15) is 0 Å². The van der Waals surface area contributed by atoms with Crippen molar-refractivity contribution in [3.8, 4) is 0 Å². The molecule has 3 aliphatic rings. The van der Waals surface area contributed by atoms with Crippen LogP contribution in [0.4, 0.5) is 0 Å². The summed E-state index contributed by atoms with van der Waals surface area (Å²) in [5, 5.41) is 3.76. The Morgan fingerprint density at radius 3 is 2.95 bits per heavy atom. The Kier molecular flexibility index (Phi) is 3.33. The van der Waals surface area contributed by atoms with Crippen molar-refractivity contribution in [2.24, 2.45) is 17.8 Å². The van der Waals surface area contributed by atoms with Gasteiger partial charge in [-0.3, -0.25) is 0 Å². The summed E-state index contributed by atoms with van der Waals surface area (Å²) in [4.78, 5) is 4.45. The van der Waals surface area contributed by atoms with E-state index in [9.17, 15) is 0 Å². The van der Waals surface area contributed by atoms with Crippen molar-refractivity contribution < 1.29 is 0 Å². The number of fused-ring (bicyclic) bond motifs is 2. The number of nitrogens with one attached hydrogen (secondary N) is 1. The first-order valence-corrected chi connectivity index (χ1v) is 8.55. The van der Waals surface area contributed by atoms with Gasteiger partial charge in [0.2, 0.25) is 0 Å². The Labute approximate surface area is 122 Å². The molecule has 1 N–H and O–H groups in total. The fourth-order valence-electron chi connectivity index (χ4n) is 5.00. The van der Waals surface area contributed by atoms with E-state index in [1.165, 1.54) is 57.2 Å². The smallest absolute Gasteiger partial charge is 0.0948 e. The number of hydrogen-bond donors (Lipinski definition) is 1. The number of aromatic nitrogens is 2. The van der Waals surface area contributed by atoms with E-state index >= 15 is 0 Å². The van der Waals surface area contributed by atoms with Gasteiger partial charge in [-0.1, -0.05) is 6.42 Å². The molecule has 3 heteroatoms. The van der Waals surface area contributed by atoms with Crippen LogP contribution in [-0.4, -0.2) is 15.6 Å². The third-order valence-electron chi connectivity index (χ3n) is 6.03. The molecule has 0 radical (unpaired) electrons. The van der Waals surface area contributed by atoms with Crippen molar-refractivity contribution in [1.82, 2.24) is 14.9 Å². The minimum absolute atomic E-state index is 0.528. The van der Waals surface area contributed by atoms with Gasteiger partial charge in [0.15, 0.2) is 0 Å². The van der Waals surface area contributed by atoms with Gasteiger partial charge in [-0.05, 0) is 63.2 Å². The molecule has 1 aromatic heterocycles.